The summed E-state index contributed by atoms with van der Waals surface area (Å²) in [7, 11) is 0. The van der Waals surface area contributed by atoms with E-state index >= 15 is 0 Å². The Morgan fingerprint density at radius 1 is 1.32 bits per heavy atom. The van der Waals surface area contributed by atoms with E-state index in [-0.39, 0.29) is 6.42 Å². The van der Waals surface area contributed by atoms with Gasteiger partial charge in [0.05, 0.1) is 18.8 Å². The number of nitrogens with one attached hydrogen (secondary N) is 3. The van der Waals surface area contributed by atoms with Crippen molar-refractivity contribution in [3.05, 3.63) is 18.2 Å². The first-order valence-electron chi connectivity index (χ1n) is 9.75. The zero-order valence-corrected chi connectivity index (χ0v) is 17.0. The molecule has 0 saturated carbocycles. The van der Waals surface area contributed by atoms with Gasteiger partial charge in [0, 0.05) is 24.9 Å². The SMILES string of the molecule is CC(NC(=O)C(CC(N)=O)NC(=O)C1CCCN1C(=O)C(N)Cc1cnc[nH]1)C(=O)O. The van der Waals surface area contributed by atoms with Crippen molar-refractivity contribution in [2.45, 2.75) is 56.8 Å². The van der Waals surface area contributed by atoms with Crippen LogP contribution in [-0.4, -0.2) is 80.3 Å². The molecule has 1 saturated heterocycles. The number of aromatic amines is 1. The molecule has 0 bridgehead atoms. The predicted molar refractivity (Wildman–Crippen MR) is 106 cm³/mol. The smallest absolute Gasteiger partial charge is 0.325 e. The van der Waals surface area contributed by atoms with Crippen LogP contribution >= 0.6 is 0 Å². The Bertz CT molecular complexity index is 827. The Balaban J connectivity index is 2.05. The van der Waals surface area contributed by atoms with Gasteiger partial charge >= 0.3 is 5.97 Å². The highest BCUT2D eigenvalue weighted by Crippen LogP contribution is 2.19. The highest BCUT2D eigenvalue weighted by atomic mass is 16.4. The molecular weight excluding hydrogens is 410 g/mol. The van der Waals surface area contributed by atoms with Crippen molar-refractivity contribution < 1.29 is 29.1 Å². The van der Waals surface area contributed by atoms with E-state index in [1.807, 2.05) is 0 Å². The standard InChI is InChI=1S/C18H27N7O6/c1-9(18(30)31)23-15(27)12(6-14(20)26)24-16(28)13-3-2-4-25(13)17(29)11(19)5-10-7-21-8-22-10/h7-9,11-13H,2-6,19H2,1H3,(H2,20,26)(H,21,22)(H,23,27)(H,24,28)(H,30,31). The number of carbonyl (C=O) groups excluding carboxylic acids is 4. The molecule has 0 spiro atoms. The number of nitrogens with zero attached hydrogens (tertiary/aromatic N) is 2. The molecular formula is C18H27N7O6. The molecule has 0 aromatic carbocycles. The summed E-state index contributed by atoms with van der Waals surface area (Å²) in [6.07, 6.45) is 3.61. The molecule has 4 atom stereocenters. The molecule has 0 aliphatic carbocycles. The van der Waals surface area contributed by atoms with Crippen LogP contribution in [0.15, 0.2) is 12.5 Å². The number of primary amides is 1. The van der Waals surface area contributed by atoms with Crippen LogP contribution in [0.5, 0.6) is 0 Å². The summed E-state index contributed by atoms with van der Waals surface area (Å²) in [5.41, 5.74) is 11.8. The number of amides is 4. The van der Waals surface area contributed by atoms with Crippen molar-refractivity contribution in [1.82, 2.24) is 25.5 Å². The normalized spacial score (nSPS) is 18.6. The van der Waals surface area contributed by atoms with Crippen molar-refractivity contribution in [3.63, 3.8) is 0 Å². The van der Waals surface area contributed by atoms with Gasteiger partial charge in [-0.25, -0.2) is 4.98 Å². The van der Waals surface area contributed by atoms with Crippen LogP contribution < -0.4 is 22.1 Å². The number of carboxylic acid groups (broad SMARTS) is 1. The molecule has 2 heterocycles. The van der Waals surface area contributed by atoms with Gasteiger partial charge < -0.3 is 37.1 Å². The van der Waals surface area contributed by atoms with Gasteiger partial charge in [-0.3, -0.25) is 24.0 Å². The number of hydrogen-bond donors (Lipinski definition) is 6. The lowest BCUT2D eigenvalue weighted by molar-refractivity contribution is -0.143. The average molecular weight is 437 g/mol. The van der Waals surface area contributed by atoms with E-state index in [4.69, 9.17) is 16.6 Å². The summed E-state index contributed by atoms with van der Waals surface area (Å²) in [4.78, 5) is 68.3. The third-order valence-corrected chi connectivity index (χ3v) is 4.92. The van der Waals surface area contributed by atoms with Crippen molar-refractivity contribution >= 4 is 29.6 Å². The number of aromatic nitrogens is 2. The fourth-order valence-corrected chi connectivity index (χ4v) is 3.29. The van der Waals surface area contributed by atoms with Gasteiger partial charge in [-0.05, 0) is 19.8 Å². The number of nitrogens with two attached hydrogens (primary N) is 2. The van der Waals surface area contributed by atoms with Gasteiger partial charge in [0.15, 0.2) is 0 Å². The molecule has 1 fully saturated rings. The number of H-pyrrole nitrogens is 1. The lowest BCUT2D eigenvalue weighted by Crippen LogP contribution is -2.57. The molecule has 8 N–H and O–H groups in total. The minimum Gasteiger partial charge on any atom is -0.480 e. The van der Waals surface area contributed by atoms with Crippen LogP contribution in [0.1, 0.15) is 31.9 Å². The summed E-state index contributed by atoms with van der Waals surface area (Å²) in [5, 5.41) is 13.5. The number of likely N-dealkylation sites (tertiary alicyclic amines) is 1. The van der Waals surface area contributed by atoms with E-state index < -0.39 is 60.2 Å². The van der Waals surface area contributed by atoms with Crippen molar-refractivity contribution in [1.29, 1.82) is 0 Å². The summed E-state index contributed by atoms with van der Waals surface area (Å²) >= 11 is 0. The Morgan fingerprint density at radius 3 is 2.61 bits per heavy atom. The molecule has 0 radical (unpaired) electrons. The number of carboxylic acids is 1. The Kier molecular flexibility index (Phi) is 8.07. The lowest BCUT2D eigenvalue weighted by atomic mass is 10.1. The molecule has 13 heteroatoms. The van der Waals surface area contributed by atoms with E-state index in [0.29, 0.717) is 25.1 Å². The minimum absolute atomic E-state index is 0.212. The molecule has 1 aromatic rings. The van der Waals surface area contributed by atoms with Crippen LogP contribution in [0.25, 0.3) is 0 Å². The number of carbonyl (C=O) groups is 5. The second-order valence-electron chi connectivity index (χ2n) is 7.38. The van der Waals surface area contributed by atoms with Crippen molar-refractivity contribution in [2.24, 2.45) is 11.5 Å². The Morgan fingerprint density at radius 2 is 2.03 bits per heavy atom. The average Bonchev–Trinajstić information content (AvgIpc) is 3.38. The highest BCUT2D eigenvalue weighted by Gasteiger charge is 2.38. The maximum absolute atomic E-state index is 12.8. The quantitative estimate of drug-likeness (QED) is 0.225. The van der Waals surface area contributed by atoms with E-state index in [1.54, 1.807) is 6.20 Å². The second-order valence-corrected chi connectivity index (χ2v) is 7.38. The monoisotopic (exact) mass is 437 g/mol. The fraction of sp³-hybridized carbons (Fsp3) is 0.556. The Hall–Kier alpha value is -3.48. The maximum Gasteiger partial charge on any atom is 0.325 e. The second kappa shape index (κ2) is 10.5. The van der Waals surface area contributed by atoms with Crippen LogP contribution in [0.3, 0.4) is 0 Å². The van der Waals surface area contributed by atoms with Gasteiger partial charge in [-0.2, -0.15) is 0 Å². The van der Waals surface area contributed by atoms with Crippen molar-refractivity contribution in [3.8, 4) is 0 Å². The van der Waals surface area contributed by atoms with Crippen LogP contribution in [0, 0.1) is 0 Å². The lowest BCUT2D eigenvalue weighted by Gasteiger charge is -2.28. The summed E-state index contributed by atoms with van der Waals surface area (Å²) < 4.78 is 0. The van der Waals surface area contributed by atoms with E-state index in [0.717, 1.165) is 0 Å². The summed E-state index contributed by atoms with van der Waals surface area (Å²) in [6, 6.07) is -4.37. The molecule has 13 nitrogen and oxygen atoms in total. The molecule has 1 aromatic heterocycles. The fourth-order valence-electron chi connectivity index (χ4n) is 3.29. The summed E-state index contributed by atoms with van der Waals surface area (Å²) in [5.74, 6) is -4.08. The third-order valence-electron chi connectivity index (χ3n) is 4.92. The van der Waals surface area contributed by atoms with E-state index in [1.165, 1.54) is 18.2 Å². The minimum atomic E-state index is -1.37. The largest absolute Gasteiger partial charge is 0.480 e. The van der Waals surface area contributed by atoms with Gasteiger partial charge in [-0.1, -0.05) is 0 Å². The first-order chi connectivity index (χ1) is 14.6. The third kappa shape index (κ3) is 6.50. The van der Waals surface area contributed by atoms with Crippen LogP contribution in [0.2, 0.25) is 0 Å². The molecule has 4 amide bonds. The molecule has 1 aliphatic rings. The van der Waals surface area contributed by atoms with Gasteiger partial charge in [0.2, 0.25) is 23.6 Å². The van der Waals surface area contributed by atoms with Crippen LogP contribution in [0.4, 0.5) is 0 Å². The summed E-state index contributed by atoms with van der Waals surface area (Å²) in [6.45, 7) is 1.55. The molecule has 2 rings (SSSR count). The Labute approximate surface area is 177 Å². The number of rotatable bonds is 10. The van der Waals surface area contributed by atoms with Gasteiger partial charge in [-0.15, -0.1) is 0 Å². The van der Waals surface area contributed by atoms with Gasteiger partial charge in [0.25, 0.3) is 0 Å². The number of imidazole rings is 1. The molecule has 4 unspecified atom stereocenters. The topological polar surface area (TPSA) is 214 Å². The first-order valence-corrected chi connectivity index (χ1v) is 9.75. The zero-order chi connectivity index (χ0) is 23.1. The van der Waals surface area contributed by atoms with Crippen molar-refractivity contribution in [2.75, 3.05) is 6.54 Å². The number of hydrogen-bond acceptors (Lipinski definition) is 7. The van der Waals surface area contributed by atoms with Crippen LogP contribution in [-0.2, 0) is 30.4 Å². The van der Waals surface area contributed by atoms with Gasteiger partial charge in [0.1, 0.15) is 18.1 Å². The molecule has 170 valence electrons. The maximum atomic E-state index is 12.8. The highest BCUT2D eigenvalue weighted by molar-refractivity contribution is 5.96. The first kappa shape index (κ1) is 23.8. The van der Waals surface area contributed by atoms with E-state index in [9.17, 15) is 24.0 Å². The zero-order valence-electron chi connectivity index (χ0n) is 17.0. The molecule has 1 aliphatic heterocycles. The molecule has 31 heavy (non-hydrogen) atoms. The predicted octanol–water partition coefficient (Wildman–Crippen LogP) is -2.78. The van der Waals surface area contributed by atoms with E-state index in [2.05, 4.69) is 20.6 Å². The number of aliphatic carboxylic acids is 1.